The molecule has 0 fully saturated rings. The quantitative estimate of drug-likeness (QED) is 0.395. The number of allylic oxidation sites excluding steroid dienone is 1. The Hall–Kier alpha value is -3.19. The zero-order valence-corrected chi connectivity index (χ0v) is 16.2. The van der Waals surface area contributed by atoms with Crippen LogP contribution in [0.4, 0.5) is 0 Å². The van der Waals surface area contributed by atoms with E-state index in [2.05, 4.69) is 26.7 Å². The highest BCUT2D eigenvalue weighted by Gasteiger charge is 2.19. The van der Waals surface area contributed by atoms with Crippen LogP contribution in [-0.2, 0) is 6.54 Å². The molecule has 1 unspecified atom stereocenters. The number of fused-ring (bicyclic) bond motifs is 1. The maximum absolute atomic E-state index is 12.4. The molecular formula is C21H19N5OS. The number of aromatic nitrogens is 5. The number of para-hydroxylation sites is 1. The second-order valence-electron chi connectivity index (χ2n) is 6.30. The highest BCUT2D eigenvalue weighted by Crippen LogP contribution is 2.34. The summed E-state index contributed by atoms with van der Waals surface area (Å²) in [7, 11) is 0. The fraction of sp³-hybridized carbons (Fsp3) is 0.143. The molecule has 0 radical (unpaired) electrons. The van der Waals surface area contributed by atoms with Gasteiger partial charge in [0.2, 0.25) is 0 Å². The molecule has 0 saturated heterocycles. The summed E-state index contributed by atoms with van der Waals surface area (Å²) in [5, 5.41) is 9.98. The van der Waals surface area contributed by atoms with E-state index in [-0.39, 0.29) is 10.8 Å². The van der Waals surface area contributed by atoms with Gasteiger partial charge in [-0.3, -0.25) is 9.36 Å². The van der Waals surface area contributed by atoms with Crippen LogP contribution in [0.2, 0.25) is 0 Å². The van der Waals surface area contributed by atoms with Gasteiger partial charge in [-0.15, -0.1) is 16.8 Å². The van der Waals surface area contributed by atoms with E-state index in [0.29, 0.717) is 23.3 Å². The van der Waals surface area contributed by atoms with Crippen molar-refractivity contribution in [3.05, 3.63) is 83.4 Å². The van der Waals surface area contributed by atoms with Gasteiger partial charge in [-0.05, 0) is 19.1 Å². The highest BCUT2D eigenvalue weighted by atomic mass is 32.2. The lowest BCUT2D eigenvalue weighted by atomic mass is 10.2. The molecular weight excluding hydrogens is 370 g/mol. The predicted octanol–water partition coefficient (Wildman–Crippen LogP) is 4.22. The molecule has 4 rings (SSSR count). The maximum Gasteiger partial charge on any atom is 0.258 e. The van der Waals surface area contributed by atoms with Gasteiger partial charge in [0.1, 0.15) is 5.82 Å². The molecule has 0 aliphatic carbocycles. The van der Waals surface area contributed by atoms with Gasteiger partial charge in [0.25, 0.3) is 5.56 Å². The first-order valence-corrected chi connectivity index (χ1v) is 9.80. The van der Waals surface area contributed by atoms with Crippen LogP contribution in [0.15, 0.2) is 77.2 Å². The van der Waals surface area contributed by atoms with E-state index in [1.807, 2.05) is 66.1 Å². The van der Waals surface area contributed by atoms with E-state index in [0.717, 1.165) is 16.5 Å². The Morgan fingerprint density at radius 2 is 1.89 bits per heavy atom. The van der Waals surface area contributed by atoms with Gasteiger partial charge < -0.3 is 4.98 Å². The van der Waals surface area contributed by atoms with Crippen LogP contribution in [0, 0.1) is 0 Å². The van der Waals surface area contributed by atoms with Crippen LogP contribution in [-0.4, -0.2) is 24.7 Å². The van der Waals surface area contributed by atoms with Crippen molar-refractivity contribution in [1.29, 1.82) is 0 Å². The summed E-state index contributed by atoms with van der Waals surface area (Å²) in [5.41, 5.74) is 1.55. The largest absolute Gasteiger partial charge is 0.309 e. The van der Waals surface area contributed by atoms with Crippen LogP contribution < -0.4 is 5.56 Å². The highest BCUT2D eigenvalue weighted by molar-refractivity contribution is 7.99. The summed E-state index contributed by atoms with van der Waals surface area (Å²) in [6, 6.07) is 17.3. The monoisotopic (exact) mass is 389 g/mol. The molecule has 140 valence electrons. The Morgan fingerprint density at radius 3 is 2.68 bits per heavy atom. The van der Waals surface area contributed by atoms with Crippen molar-refractivity contribution in [2.45, 2.75) is 23.9 Å². The van der Waals surface area contributed by atoms with Crippen molar-refractivity contribution in [3.63, 3.8) is 0 Å². The van der Waals surface area contributed by atoms with Crippen LogP contribution in [0.1, 0.15) is 18.0 Å². The molecule has 7 heteroatoms. The normalized spacial score (nSPS) is 12.2. The van der Waals surface area contributed by atoms with E-state index < -0.39 is 0 Å². The van der Waals surface area contributed by atoms with Crippen LogP contribution in [0.25, 0.3) is 22.3 Å². The lowest BCUT2D eigenvalue weighted by molar-refractivity contribution is 0.727. The number of aromatic amines is 1. The molecule has 0 saturated carbocycles. The molecule has 0 aliphatic heterocycles. The summed E-state index contributed by atoms with van der Waals surface area (Å²) < 4.78 is 2.02. The second-order valence-corrected chi connectivity index (χ2v) is 7.61. The zero-order chi connectivity index (χ0) is 19.5. The third kappa shape index (κ3) is 3.48. The van der Waals surface area contributed by atoms with Crippen molar-refractivity contribution in [2.75, 3.05) is 0 Å². The van der Waals surface area contributed by atoms with Gasteiger partial charge >= 0.3 is 0 Å². The number of H-pyrrole nitrogens is 1. The molecule has 4 aromatic rings. The van der Waals surface area contributed by atoms with Crippen molar-refractivity contribution in [1.82, 2.24) is 24.7 Å². The number of nitrogens with zero attached hydrogens (tertiary/aromatic N) is 4. The van der Waals surface area contributed by atoms with E-state index in [1.165, 1.54) is 11.8 Å². The molecule has 0 amide bonds. The summed E-state index contributed by atoms with van der Waals surface area (Å²) >= 11 is 1.50. The molecule has 2 aromatic carbocycles. The molecule has 1 N–H and O–H groups in total. The first-order chi connectivity index (χ1) is 13.7. The molecule has 6 nitrogen and oxygen atoms in total. The minimum Gasteiger partial charge on any atom is -0.309 e. The Labute approximate surface area is 166 Å². The molecule has 0 spiro atoms. The van der Waals surface area contributed by atoms with Crippen molar-refractivity contribution >= 4 is 22.7 Å². The summed E-state index contributed by atoms with van der Waals surface area (Å²) in [5.74, 6) is 1.40. The summed E-state index contributed by atoms with van der Waals surface area (Å²) in [6.07, 6.45) is 1.82. The molecule has 28 heavy (non-hydrogen) atoms. The molecule has 0 aliphatic rings. The minimum atomic E-state index is -0.134. The Kier molecular flexibility index (Phi) is 5.08. The SMILES string of the molecule is C=CCn1c(SC(C)c2nc3ccccc3c(=O)[nH]2)nnc1-c1ccccc1. The van der Waals surface area contributed by atoms with E-state index >= 15 is 0 Å². The van der Waals surface area contributed by atoms with Crippen LogP contribution in [0.3, 0.4) is 0 Å². The number of benzene rings is 2. The fourth-order valence-electron chi connectivity index (χ4n) is 2.98. The second kappa shape index (κ2) is 7.82. The minimum absolute atomic E-state index is 0.103. The van der Waals surface area contributed by atoms with Crippen LogP contribution >= 0.6 is 11.8 Å². The van der Waals surface area contributed by atoms with Crippen LogP contribution in [0.5, 0.6) is 0 Å². The molecule has 0 bridgehead atoms. The zero-order valence-electron chi connectivity index (χ0n) is 15.4. The summed E-state index contributed by atoms with van der Waals surface area (Å²) in [4.78, 5) is 19.9. The average Bonchev–Trinajstić information content (AvgIpc) is 3.11. The van der Waals surface area contributed by atoms with E-state index in [9.17, 15) is 4.79 Å². The number of rotatable bonds is 6. The first kappa shape index (κ1) is 18.2. The lowest BCUT2D eigenvalue weighted by Gasteiger charge is -2.12. The Morgan fingerprint density at radius 1 is 1.14 bits per heavy atom. The van der Waals surface area contributed by atoms with Gasteiger partial charge in [-0.25, -0.2) is 4.98 Å². The van der Waals surface area contributed by atoms with E-state index in [4.69, 9.17) is 0 Å². The van der Waals surface area contributed by atoms with Crippen molar-refractivity contribution in [2.24, 2.45) is 0 Å². The Balaban J connectivity index is 1.68. The van der Waals surface area contributed by atoms with Gasteiger partial charge in [0, 0.05) is 12.1 Å². The van der Waals surface area contributed by atoms with Crippen molar-refractivity contribution in [3.8, 4) is 11.4 Å². The third-order valence-corrected chi connectivity index (χ3v) is 5.45. The first-order valence-electron chi connectivity index (χ1n) is 8.92. The molecule has 2 aromatic heterocycles. The third-order valence-electron chi connectivity index (χ3n) is 4.36. The van der Waals surface area contributed by atoms with Gasteiger partial charge in [-0.2, -0.15) is 0 Å². The standard InChI is InChI=1S/C21H19N5OS/c1-3-13-26-19(15-9-5-4-6-10-15)24-25-21(26)28-14(2)18-22-17-12-8-7-11-16(17)20(27)23-18/h3-12,14H,1,13H2,2H3,(H,22,23,27). The number of hydrogen-bond acceptors (Lipinski definition) is 5. The number of hydrogen-bond donors (Lipinski definition) is 1. The maximum atomic E-state index is 12.4. The van der Waals surface area contributed by atoms with Crippen molar-refractivity contribution < 1.29 is 0 Å². The topological polar surface area (TPSA) is 76.5 Å². The smallest absolute Gasteiger partial charge is 0.258 e. The molecule has 1 atom stereocenters. The van der Waals surface area contributed by atoms with Gasteiger partial charge in [0.15, 0.2) is 11.0 Å². The van der Waals surface area contributed by atoms with E-state index in [1.54, 1.807) is 6.07 Å². The molecule has 2 heterocycles. The predicted molar refractivity (Wildman–Crippen MR) is 112 cm³/mol. The Bertz CT molecular complexity index is 1180. The van der Waals surface area contributed by atoms with Gasteiger partial charge in [-0.1, -0.05) is 60.3 Å². The number of thioether (sulfide) groups is 1. The number of nitrogens with one attached hydrogen (secondary N) is 1. The fourth-order valence-corrected chi connectivity index (χ4v) is 3.90. The van der Waals surface area contributed by atoms with Gasteiger partial charge in [0.05, 0.1) is 16.2 Å². The lowest BCUT2D eigenvalue weighted by Crippen LogP contribution is -2.13. The average molecular weight is 389 g/mol. The summed E-state index contributed by atoms with van der Waals surface area (Å²) in [6.45, 7) is 6.43.